The first-order valence-electron chi connectivity index (χ1n) is 6.13. The molecule has 0 saturated carbocycles. The van der Waals surface area contributed by atoms with Gasteiger partial charge in [-0.05, 0) is 12.1 Å². The van der Waals surface area contributed by atoms with Crippen molar-refractivity contribution in [2.45, 2.75) is 17.7 Å². The normalized spacial score (nSPS) is 19.9. The zero-order chi connectivity index (χ0) is 15.6. The number of benzene rings is 1. The number of halogens is 1. The molecule has 21 heavy (non-hydrogen) atoms. The van der Waals surface area contributed by atoms with E-state index in [4.69, 9.17) is 10.8 Å². The molecule has 2 rings (SSSR count). The van der Waals surface area contributed by atoms with Crippen LogP contribution in [-0.2, 0) is 14.4 Å². The zero-order valence-corrected chi connectivity index (χ0v) is 11.7. The predicted molar refractivity (Wildman–Crippen MR) is 75.4 cm³/mol. The topological polar surface area (TPSA) is 101 Å². The van der Waals surface area contributed by atoms with Gasteiger partial charge in [0.1, 0.15) is 11.9 Å². The Morgan fingerprint density at radius 2 is 2.14 bits per heavy atom. The molecule has 0 unspecified atom stereocenters. The number of amides is 2. The smallest absolute Gasteiger partial charge is 0.321 e. The number of anilines is 1. The highest BCUT2D eigenvalue weighted by Gasteiger charge is 2.41. The predicted octanol–water partition coefficient (Wildman–Crippen LogP) is 0.603. The Kier molecular flexibility index (Phi) is 4.59. The standard InChI is InChI=1S/C13H13FN2O4S/c14-7-3-1-2-4-9(7)16-11(17)5-10(12(16)18)21-6-8(15)13(19)20/h1-4,8,10H,5-6,15H2,(H,19,20)/t8-,10-/m1/s1. The summed E-state index contributed by atoms with van der Waals surface area (Å²) in [5, 5.41) is 7.96. The van der Waals surface area contributed by atoms with Crippen LogP contribution in [0.3, 0.4) is 0 Å². The van der Waals surface area contributed by atoms with Gasteiger partial charge in [-0.15, -0.1) is 11.8 Å². The van der Waals surface area contributed by atoms with Crippen LogP contribution >= 0.6 is 11.8 Å². The second kappa shape index (κ2) is 6.23. The monoisotopic (exact) mass is 312 g/mol. The minimum absolute atomic E-state index is 0.00410. The lowest BCUT2D eigenvalue weighted by atomic mass is 10.3. The summed E-state index contributed by atoms with van der Waals surface area (Å²) in [6.07, 6.45) is -0.0931. The van der Waals surface area contributed by atoms with Gasteiger partial charge in [0.05, 0.1) is 10.9 Å². The molecule has 1 aliphatic rings. The van der Waals surface area contributed by atoms with Crippen LogP contribution in [0.4, 0.5) is 10.1 Å². The van der Waals surface area contributed by atoms with E-state index >= 15 is 0 Å². The third kappa shape index (κ3) is 3.22. The van der Waals surface area contributed by atoms with Crippen molar-refractivity contribution < 1.29 is 23.9 Å². The molecule has 0 radical (unpaired) electrons. The number of carboxylic acid groups (broad SMARTS) is 1. The largest absolute Gasteiger partial charge is 0.480 e. The van der Waals surface area contributed by atoms with Gasteiger partial charge in [-0.2, -0.15) is 0 Å². The molecule has 6 nitrogen and oxygen atoms in total. The molecule has 0 bridgehead atoms. The molecule has 3 N–H and O–H groups in total. The van der Waals surface area contributed by atoms with Gasteiger partial charge in [0.15, 0.2) is 0 Å². The summed E-state index contributed by atoms with van der Waals surface area (Å²) >= 11 is 0.996. The summed E-state index contributed by atoms with van der Waals surface area (Å²) in [6, 6.07) is 4.39. The number of rotatable bonds is 5. The van der Waals surface area contributed by atoms with Crippen LogP contribution in [0.15, 0.2) is 24.3 Å². The first kappa shape index (κ1) is 15.5. The fourth-order valence-corrected chi connectivity index (χ4v) is 3.00. The minimum Gasteiger partial charge on any atom is -0.480 e. The number of nitrogens with zero attached hydrogens (tertiary/aromatic N) is 1. The molecule has 0 spiro atoms. The molecule has 1 saturated heterocycles. The highest BCUT2D eigenvalue weighted by atomic mass is 32.2. The van der Waals surface area contributed by atoms with E-state index in [2.05, 4.69) is 0 Å². The lowest BCUT2D eigenvalue weighted by molar-refractivity contribution is -0.138. The quantitative estimate of drug-likeness (QED) is 0.772. The number of para-hydroxylation sites is 1. The maximum absolute atomic E-state index is 13.7. The van der Waals surface area contributed by atoms with Gasteiger partial charge in [0.25, 0.3) is 0 Å². The average molecular weight is 312 g/mol. The molecule has 8 heteroatoms. The van der Waals surface area contributed by atoms with E-state index in [0.717, 1.165) is 22.7 Å². The van der Waals surface area contributed by atoms with Gasteiger partial charge in [0.2, 0.25) is 11.8 Å². The van der Waals surface area contributed by atoms with Crippen molar-refractivity contribution in [3.8, 4) is 0 Å². The summed E-state index contributed by atoms with van der Waals surface area (Å²) in [5.41, 5.74) is 5.27. The van der Waals surface area contributed by atoms with E-state index in [-0.39, 0.29) is 17.9 Å². The van der Waals surface area contributed by atoms with E-state index in [0.29, 0.717) is 0 Å². The van der Waals surface area contributed by atoms with E-state index in [1.165, 1.54) is 18.2 Å². The van der Waals surface area contributed by atoms with Crippen LogP contribution in [0.1, 0.15) is 6.42 Å². The van der Waals surface area contributed by atoms with Gasteiger partial charge in [-0.25, -0.2) is 9.29 Å². The van der Waals surface area contributed by atoms with Crippen molar-refractivity contribution in [1.29, 1.82) is 0 Å². The van der Waals surface area contributed by atoms with E-state index in [1.54, 1.807) is 0 Å². The Morgan fingerprint density at radius 3 is 2.76 bits per heavy atom. The number of carboxylic acids is 1. The molecule has 2 atom stereocenters. The van der Waals surface area contributed by atoms with E-state index in [1.807, 2.05) is 0 Å². The Morgan fingerprint density at radius 1 is 1.48 bits per heavy atom. The number of imide groups is 1. The van der Waals surface area contributed by atoms with Crippen molar-refractivity contribution in [2.24, 2.45) is 5.73 Å². The van der Waals surface area contributed by atoms with Crippen LogP contribution in [0.5, 0.6) is 0 Å². The molecular formula is C13H13FN2O4S. The van der Waals surface area contributed by atoms with Gasteiger partial charge in [0, 0.05) is 12.2 Å². The van der Waals surface area contributed by atoms with E-state index < -0.39 is 34.9 Å². The lowest BCUT2D eigenvalue weighted by Gasteiger charge is -2.15. The van der Waals surface area contributed by atoms with Crippen LogP contribution < -0.4 is 10.6 Å². The number of hydrogen-bond donors (Lipinski definition) is 2. The third-order valence-corrected chi connectivity index (χ3v) is 4.31. The first-order chi connectivity index (χ1) is 9.91. The second-order valence-electron chi connectivity index (χ2n) is 4.49. The fraction of sp³-hybridized carbons (Fsp3) is 0.308. The first-order valence-corrected chi connectivity index (χ1v) is 7.18. The number of carbonyl (C=O) groups is 3. The Balaban J connectivity index is 2.10. The maximum atomic E-state index is 13.7. The van der Waals surface area contributed by atoms with Gasteiger partial charge >= 0.3 is 5.97 Å². The molecule has 2 amide bonds. The summed E-state index contributed by atoms with van der Waals surface area (Å²) in [5.74, 6) is -2.89. The number of hydrogen-bond acceptors (Lipinski definition) is 5. The van der Waals surface area contributed by atoms with Crippen molar-refractivity contribution in [2.75, 3.05) is 10.7 Å². The highest BCUT2D eigenvalue weighted by molar-refractivity contribution is 8.00. The number of aliphatic carboxylic acids is 1. The van der Waals surface area contributed by atoms with Crippen molar-refractivity contribution in [1.82, 2.24) is 0 Å². The molecule has 0 aliphatic carbocycles. The SMILES string of the molecule is N[C@H](CS[C@@H]1CC(=O)N(c2ccccc2F)C1=O)C(=O)O. The lowest BCUT2D eigenvalue weighted by Crippen LogP contribution is -2.35. The minimum atomic E-state index is -1.18. The van der Waals surface area contributed by atoms with Crippen molar-refractivity contribution >= 4 is 35.2 Å². The molecule has 112 valence electrons. The Hall–Kier alpha value is -1.93. The Bertz CT molecular complexity index is 595. The number of nitrogens with two attached hydrogens (primary N) is 1. The van der Waals surface area contributed by atoms with Crippen molar-refractivity contribution in [3.63, 3.8) is 0 Å². The summed E-state index contributed by atoms with van der Waals surface area (Å²) in [7, 11) is 0. The van der Waals surface area contributed by atoms with Crippen LogP contribution in [0, 0.1) is 5.82 Å². The number of carbonyl (C=O) groups excluding carboxylic acids is 2. The summed E-state index contributed by atoms with van der Waals surface area (Å²) in [4.78, 5) is 35.5. The highest BCUT2D eigenvalue weighted by Crippen LogP contribution is 2.31. The van der Waals surface area contributed by atoms with Crippen molar-refractivity contribution in [3.05, 3.63) is 30.1 Å². The van der Waals surface area contributed by atoms with E-state index in [9.17, 15) is 18.8 Å². The van der Waals surface area contributed by atoms with Gasteiger partial charge in [-0.1, -0.05) is 12.1 Å². The summed E-state index contributed by atoms with van der Waals surface area (Å²) < 4.78 is 13.7. The van der Waals surface area contributed by atoms with Gasteiger partial charge < -0.3 is 10.8 Å². The van der Waals surface area contributed by atoms with Crippen LogP contribution in [0.2, 0.25) is 0 Å². The van der Waals surface area contributed by atoms with Gasteiger partial charge in [-0.3, -0.25) is 14.4 Å². The number of thioether (sulfide) groups is 1. The molecule has 1 fully saturated rings. The third-order valence-electron chi connectivity index (χ3n) is 2.99. The zero-order valence-electron chi connectivity index (χ0n) is 10.9. The average Bonchev–Trinajstić information content (AvgIpc) is 2.71. The molecule has 1 aromatic carbocycles. The maximum Gasteiger partial charge on any atom is 0.321 e. The Labute approximate surface area is 124 Å². The fourth-order valence-electron chi connectivity index (χ4n) is 1.91. The molecule has 0 aromatic heterocycles. The molecular weight excluding hydrogens is 299 g/mol. The molecule has 1 aromatic rings. The summed E-state index contributed by atoms with van der Waals surface area (Å²) in [6.45, 7) is 0. The van der Waals surface area contributed by atoms with Crippen LogP contribution in [0.25, 0.3) is 0 Å². The molecule has 1 aliphatic heterocycles. The molecule has 1 heterocycles. The van der Waals surface area contributed by atoms with Crippen LogP contribution in [-0.4, -0.2) is 39.9 Å². The second-order valence-corrected chi connectivity index (χ2v) is 5.73.